The predicted octanol–water partition coefficient (Wildman–Crippen LogP) is 2.28. The van der Waals surface area contributed by atoms with E-state index in [0.29, 0.717) is 12.3 Å². The van der Waals surface area contributed by atoms with Crippen molar-refractivity contribution in [2.75, 3.05) is 18.0 Å². The summed E-state index contributed by atoms with van der Waals surface area (Å²) < 4.78 is 2.11. The zero-order valence-electron chi connectivity index (χ0n) is 10.3. The van der Waals surface area contributed by atoms with Crippen LogP contribution in [0.25, 0.3) is 0 Å². The molecule has 4 heteroatoms. The maximum absolute atomic E-state index is 8.67. The highest BCUT2D eigenvalue weighted by molar-refractivity contribution is 5.31. The summed E-state index contributed by atoms with van der Waals surface area (Å²) in [6.07, 6.45) is 4.34. The normalized spacial score (nSPS) is 10.4. The van der Waals surface area contributed by atoms with Crippen LogP contribution in [0.15, 0.2) is 12.4 Å². The molecule has 1 aromatic heterocycles. The Hall–Kier alpha value is -1.50. The van der Waals surface area contributed by atoms with E-state index in [9.17, 15) is 0 Å². The molecule has 0 unspecified atom stereocenters. The second-order valence-corrected chi connectivity index (χ2v) is 4.26. The van der Waals surface area contributed by atoms with Crippen LogP contribution in [0, 0.1) is 17.2 Å². The monoisotopic (exact) mass is 220 g/mol. The number of rotatable bonds is 6. The maximum atomic E-state index is 8.67. The molecule has 4 nitrogen and oxygen atoms in total. The molecule has 0 aromatic carbocycles. The van der Waals surface area contributed by atoms with Gasteiger partial charge in [0.25, 0.3) is 0 Å². The molecule has 88 valence electrons. The molecule has 1 aromatic rings. The van der Waals surface area contributed by atoms with Gasteiger partial charge in [0.15, 0.2) is 0 Å². The number of nitrogens with zero attached hydrogens (tertiary/aromatic N) is 4. The molecule has 1 heterocycles. The lowest BCUT2D eigenvalue weighted by atomic mass is 10.2. The van der Waals surface area contributed by atoms with E-state index in [1.807, 2.05) is 12.4 Å². The van der Waals surface area contributed by atoms with E-state index >= 15 is 0 Å². The minimum absolute atomic E-state index is 0.545. The first-order valence-electron chi connectivity index (χ1n) is 5.82. The van der Waals surface area contributed by atoms with Gasteiger partial charge < -0.3 is 9.47 Å². The first kappa shape index (κ1) is 12.6. The zero-order chi connectivity index (χ0) is 12.0. The summed E-state index contributed by atoms with van der Waals surface area (Å²) in [5, 5.41) is 8.67. The van der Waals surface area contributed by atoms with Crippen LogP contribution in [0.1, 0.15) is 27.2 Å². The van der Waals surface area contributed by atoms with Gasteiger partial charge in [-0.1, -0.05) is 13.8 Å². The average Bonchev–Trinajstić information content (AvgIpc) is 2.71. The molecule has 0 atom stereocenters. The van der Waals surface area contributed by atoms with Crippen LogP contribution in [-0.4, -0.2) is 22.6 Å². The lowest BCUT2D eigenvalue weighted by molar-refractivity contribution is 0.588. The molecule has 0 saturated carbocycles. The summed E-state index contributed by atoms with van der Waals surface area (Å²) in [5.41, 5.74) is 0. The van der Waals surface area contributed by atoms with Gasteiger partial charge in [0, 0.05) is 32.0 Å². The van der Waals surface area contributed by atoms with Crippen LogP contribution in [0.3, 0.4) is 0 Å². The van der Waals surface area contributed by atoms with Crippen molar-refractivity contribution in [2.24, 2.45) is 5.92 Å². The van der Waals surface area contributed by atoms with E-state index in [-0.39, 0.29) is 0 Å². The van der Waals surface area contributed by atoms with Crippen molar-refractivity contribution < 1.29 is 0 Å². The quantitative estimate of drug-likeness (QED) is 0.738. The molecule has 0 fully saturated rings. The standard InChI is InChI=1S/C12H20N4/c1-4-15-9-7-14-12(15)16(8-5-6-13)10-11(2)3/h7,9,11H,4-5,8,10H2,1-3H3. The third-order valence-electron chi connectivity index (χ3n) is 2.40. The zero-order valence-corrected chi connectivity index (χ0v) is 10.3. The number of imidazole rings is 1. The fourth-order valence-corrected chi connectivity index (χ4v) is 1.73. The summed E-state index contributed by atoms with van der Waals surface area (Å²) >= 11 is 0. The predicted molar refractivity (Wildman–Crippen MR) is 65.2 cm³/mol. The van der Waals surface area contributed by atoms with Gasteiger partial charge in [-0.25, -0.2) is 4.98 Å². The van der Waals surface area contributed by atoms with Crippen LogP contribution in [0.5, 0.6) is 0 Å². The summed E-state index contributed by atoms with van der Waals surface area (Å²) in [6.45, 7) is 9.07. The van der Waals surface area contributed by atoms with Gasteiger partial charge >= 0.3 is 0 Å². The minimum atomic E-state index is 0.545. The van der Waals surface area contributed by atoms with Crippen LogP contribution in [0.4, 0.5) is 5.95 Å². The van der Waals surface area contributed by atoms with Gasteiger partial charge in [-0.05, 0) is 12.8 Å². The lowest BCUT2D eigenvalue weighted by Crippen LogP contribution is -2.31. The Morgan fingerprint density at radius 3 is 2.88 bits per heavy atom. The number of anilines is 1. The molecular formula is C12H20N4. The lowest BCUT2D eigenvalue weighted by Gasteiger charge is -2.25. The summed E-state index contributed by atoms with van der Waals surface area (Å²) in [6, 6.07) is 2.19. The van der Waals surface area contributed by atoms with Crippen LogP contribution in [0.2, 0.25) is 0 Å². The molecule has 0 bridgehead atoms. The highest BCUT2D eigenvalue weighted by atomic mass is 15.3. The van der Waals surface area contributed by atoms with Gasteiger partial charge in [0.2, 0.25) is 5.95 Å². The van der Waals surface area contributed by atoms with Gasteiger partial charge in [0.05, 0.1) is 12.5 Å². The topological polar surface area (TPSA) is 44.9 Å². The van der Waals surface area contributed by atoms with Crippen molar-refractivity contribution in [1.82, 2.24) is 9.55 Å². The van der Waals surface area contributed by atoms with E-state index < -0.39 is 0 Å². The molecule has 0 N–H and O–H groups in total. The van der Waals surface area contributed by atoms with Gasteiger partial charge in [-0.15, -0.1) is 0 Å². The molecule has 0 amide bonds. The third kappa shape index (κ3) is 3.27. The maximum Gasteiger partial charge on any atom is 0.205 e. The summed E-state index contributed by atoms with van der Waals surface area (Å²) in [4.78, 5) is 6.56. The number of hydrogen-bond acceptors (Lipinski definition) is 3. The number of aryl methyl sites for hydroxylation is 1. The van der Waals surface area contributed by atoms with E-state index in [4.69, 9.17) is 5.26 Å². The number of aromatic nitrogens is 2. The van der Waals surface area contributed by atoms with E-state index in [1.54, 1.807) is 0 Å². The fraction of sp³-hybridized carbons (Fsp3) is 0.667. The van der Waals surface area contributed by atoms with Crippen molar-refractivity contribution in [1.29, 1.82) is 5.26 Å². The highest BCUT2D eigenvalue weighted by Gasteiger charge is 2.12. The highest BCUT2D eigenvalue weighted by Crippen LogP contribution is 2.13. The van der Waals surface area contributed by atoms with Crippen LogP contribution >= 0.6 is 0 Å². The molecule has 1 rings (SSSR count). The van der Waals surface area contributed by atoms with Crippen LogP contribution in [-0.2, 0) is 6.54 Å². The molecule has 0 aliphatic heterocycles. The molecule has 16 heavy (non-hydrogen) atoms. The van der Waals surface area contributed by atoms with Crippen molar-refractivity contribution in [3.05, 3.63) is 12.4 Å². The van der Waals surface area contributed by atoms with E-state index in [2.05, 4.69) is 41.3 Å². The Kier molecular flexibility index (Phi) is 4.84. The minimum Gasteiger partial charge on any atom is -0.341 e. The molecule has 0 aliphatic rings. The Morgan fingerprint density at radius 1 is 1.56 bits per heavy atom. The largest absolute Gasteiger partial charge is 0.341 e. The molecule has 0 spiro atoms. The Morgan fingerprint density at radius 2 is 2.31 bits per heavy atom. The second-order valence-electron chi connectivity index (χ2n) is 4.26. The molecule has 0 radical (unpaired) electrons. The van der Waals surface area contributed by atoms with Crippen molar-refractivity contribution in [3.63, 3.8) is 0 Å². The van der Waals surface area contributed by atoms with Crippen molar-refractivity contribution in [3.8, 4) is 6.07 Å². The second kappa shape index (κ2) is 6.16. The van der Waals surface area contributed by atoms with E-state index in [0.717, 1.165) is 25.6 Å². The van der Waals surface area contributed by atoms with Gasteiger partial charge in [-0.2, -0.15) is 5.26 Å². The Bertz CT molecular complexity index is 348. The van der Waals surface area contributed by atoms with Crippen molar-refractivity contribution in [2.45, 2.75) is 33.7 Å². The molecule has 0 aliphatic carbocycles. The number of nitriles is 1. The average molecular weight is 220 g/mol. The molecular weight excluding hydrogens is 200 g/mol. The first-order valence-corrected chi connectivity index (χ1v) is 5.82. The van der Waals surface area contributed by atoms with E-state index in [1.165, 1.54) is 0 Å². The SMILES string of the molecule is CCn1ccnc1N(CCC#N)CC(C)C. The van der Waals surface area contributed by atoms with Crippen LogP contribution < -0.4 is 4.90 Å². The van der Waals surface area contributed by atoms with Crippen molar-refractivity contribution >= 4 is 5.95 Å². The Labute approximate surface area is 97.5 Å². The Balaban J connectivity index is 2.79. The number of hydrogen-bond donors (Lipinski definition) is 0. The first-order chi connectivity index (χ1) is 7.69. The summed E-state index contributed by atoms with van der Waals surface area (Å²) in [5.74, 6) is 1.55. The smallest absolute Gasteiger partial charge is 0.205 e. The molecule has 0 saturated heterocycles. The van der Waals surface area contributed by atoms with Gasteiger partial charge in [0.1, 0.15) is 0 Å². The van der Waals surface area contributed by atoms with Gasteiger partial charge in [-0.3, -0.25) is 0 Å². The third-order valence-corrected chi connectivity index (χ3v) is 2.40. The summed E-state index contributed by atoms with van der Waals surface area (Å²) in [7, 11) is 0. The fourth-order valence-electron chi connectivity index (χ4n) is 1.73.